The summed E-state index contributed by atoms with van der Waals surface area (Å²) in [7, 11) is 0. The molecule has 19 heavy (non-hydrogen) atoms. The van der Waals surface area contributed by atoms with Gasteiger partial charge in [-0.15, -0.1) is 0 Å². The number of rotatable bonds is 5. The van der Waals surface area contributed by atoms with E-state index >= 15 is 0 Å². The van der Waals surface area contributed by atoms with Gasteiger partial charge in [-0.25, -0.2) is 4.79 Å². The lowest BCUT2D eigenvalue weighted by atomic mass is 9.87. The maximum atomic E-state index is 11.8. The molecule has 4 heteroatoms. The molecule has 0 aromatic carbocycles. The number of ether oxygens (including phenoxy) is 2. The first-order valence-electron chi connectivity index (χ1n) is 6.55. The molecule has 110 valence electrons. The predicted octanol–water partition coefficient (Wildman–Crippen LogP) is 3.25. The van der Waals surface area contributed by atoms with Crippen LogP contribution in [0.25, 0.3) is 0 Å². The van der Waals surface area contributed by atoms with Gasteiger partial charge >= 0.3 is 11.9 Å². The van der Waals surface area contributed by atoms with E-state index in [1.54, 1.807) is 19.9 Å². The summed E-state index contributed by atoms with van der Waals surface area (Å²) in [4.78, 5) is 23.3. The van der Waals surface area contributed by atoms with Crippen LogP contribution in [0.1, 0.15) is 54.9 Å². The average Bonchev–Trinajstić information content (AvgIpc) is 2.12. The lowest BCUT2D eigenvalue weighted by molar-refractivity contribution is -0.150. The van der Waals surface area contributed by atoms with Crippen molar-refractivity contribution in [1.29, 1.82) is 0 Å². The van der Waals surface area contributed by atoms with Crippen LogP contribution in [0.2, 0.25) is 0 Å². The highest BCUT2D eigenvalue weighted by Crippen LogP contribution is 2.25. The minimum absolute atomic E-state index is 0.237. The van der Waals surface area contributed by atoms with Crippen molar-refractivity contribution in [3.05, 3.63) is 11.6 Å². The lowest BCUT2D eigenvalue weighted by Crippen LogP contribution is -2.25. The van der Waals surface area contributed by atoms with Crippen molar-refractivity contribution < 1.29 is 19.1 Å². The Balaban J connectivity index is 4.72. The summed E-state index contributed by atoms with van der Waals surface area (Å²) in [6.07, 6.45) is 2.00. The highest BCUT2D eigenvalue weighted by atomic mass is 16.6. The molecule has 0 heterocycles. The second-order valence-corrected chi connectivity index (χ2v) is 6.30. The van der Waals surface area contributed by atoms with Crippen molar-refractivity contribution in [3.63, 3.8) is 0 Å². The maximum Gasteiger partial charge on any atom is 0.333 e. The summed E-state index contributed by atoms with van der Waals surface area (Å²) >= 11 is 0. The van der Waals surface area contributed by atoms with Crippen molar-refractivity contribution in [2.24, 2.45) is 5.41 Å². The number of allylic oxidation sites excluding steroid dienone is 1. The molecule has 0 saturated heterocycles. The largest absolute Gasteiger partial charge is 0.466 e. The summed E-state index contributed by atoms with van der Waals surface area (Å²) in [5.41, 5.74) is -0.450. The van der Waals surface area contributed by atoms with E-state index < -0.39 is 11.0 Å². The normalized spacial score (nSPS) is 13.1. The zero-order chi connectivity index (χ0) is 15.3. The molecule has 0 bridgehead atoms. The van der Waals surface area contributed by atoms with Gasteiger partial charge in [0.15, 0.2) is 0 Å². The van der Waals surface area contributed by atoms with Gasteiger partial charge in [0.25, 0.3) is 0 Å². The Hall–Kier alpha value is -1.32. The number of carbonyl (C=O) groups excluding carboxylic acids is 2. The highest BCUT2D eigenvalue weighted by molar-refractivity contribution is 5.88. The van der Waals surface area contributed by atoms with E-state index in [0.29, 0.717) is 12.2 Å². The van der Waals surface area contributed by atoms with Gasteiger partial charge < -0.3 is 9.47 Å². The van der Waals surface area contributed by atoms with E-state index in [0.717, 1.165) is 0 Å². The minimum Gasteiger partial charge on any atom is -0.466 e. The van der Waals surface area contributed by atoms with Crippen molar-refractivity contribution in [3.8, 4) is 0 Å². The fourth-order valence-electron chi connectivity index (χ4n) is 1.64. The Kier molecular flexibility index (Phi) is 6.27. The van der Waals surface area contributed by atoms with Crippen LogP contribution in [-0.2, 0) is 19.1 Å². The van der Waals surface area contributed by atoms with Crippen LogP contribution in [0.4, 0.5) is 0 Å². The molecule has 0 aromatic rings. The third kappa shape index (κ3) is 8.41. The van der Waals surface area contributed by atoms with Crippen LogP contribution >= 0.6 is 0 Å². The Morgan fingerprint density at radius 1 is 1.11 bits per heavy atom. The highest BCUT2D eigenvalue weighted by Gasteiger charge is 2.24. The van der Waals surface area contributed by atoms with Crippen molar-refractivity contribution in [2.75, 3.05) is 6.61 Å². The fraction of sp³-hybridized carbons (Fsp3) is 0.733. The molecule has 0 radical (unpaired) electrons. The van der Waals surface area contributed by atoms with Gasteiger partial charge in [-0.1, -0.05) is 19.9 Å². The van der Waals surface area contributed by atoms with E-state index in [1.165, 1.54) is 0 Å². The molecule has 0 atom stereocenters. The van der Waals surface area contributed by atoms with Crippen molar-refractivity contribution in [1.82, 2.24) is 0 Å². The smallest absolute Gasteiger partial charge is 0.333 e. The Morgan fingerprint density at radius 2 is 1.63 bits per heavy atom. The molecule has 0 amide bonds. The average molecular weight is 270 g/mol. The standard InChI is InChI=1S/C15H26O4/c1-8-18-12(16)10-15(6,7)9-11(2)13(17)19-14(3,4)5/h9H,8,10H2,1-7H3/b11-9+. The SMILES string of the molecule is CCOC(=O)CC(C)(C)/C=C(\C)C(=O)OC(C)(C)C. The number of esters is 2. The molecule has 0 unspecified atom stereocenters. The monoisotopic (exact) mass is 270 g/mol. The molecule has 0 spiro atoms. The lowest BCUT2D eigenvalue weighted by Gasteiger charge is -2.22. The summed E-state index contributed by atoms with van der Waals surface area (Å²) in [6.45, 7) is 13.1. The Morgan fingerprint density at radius 3 is 2.05 bits per heavy atom. The van der Waals surface area contributed by atoms with Gasteiger partial charge in [0.1, 0.15) is 5.60 Å². The van der Waals surface area contributed by atoms with E-state index in [2.05, 4.69) is 0 Å². The van der Waals surface area contributed by atoms with Gasteiger partial charge in [-0.05, 0) is 40.0 Å². The van der Waals surface area contributed by atoms with Gasteiger partial charge in [-0.2, -0.15) is 0 Å². The molecule has 0 aliphatic rings. The summed E-state index contributed by atoms with van der Waals surface area (Å²) in [5.74, 6) is -0.620. The summed E-state index contributed by atoms with van der Waals surface area (Å²) in [5, 5.41) is 0. The number of hydrogen-bond acceptors (Lipinski definition) is 4. The Labute approximate surface area is 116 Å². The second-order valence-electron chi connectivity index (χ2n) is 6.30. The van der Waals surface area contributed by atoms with Gasteiger partial charge in [0.05, 0.1) is 13.0 Å². The van der Waals surface area contributed by atoms with Crippen LogP contribution in [0.3, 0.4) is 0 Å². The zero-order valence-electron chi connectivity index (χ0n) is 13.1. The zero-order valence-corrected chi connectivity index (χ0v) is 13.1. The fourth-order valence-corrected chi connectivity index (χ4v) is 1.64. The van der Waals surface area contributed by atoms with Crippen molar-refractivity contribution >= 4 is 11.9 Å². The first kappa shape index (κ1) is 17.7. The number of hydrogen-bond donors (Lipinski definition) is 0. The summed E-state index contributed by atoms with van der Waals surface area (Å²) in [6, 6.07) is 0. The predicted molar refractivity (Wildman–Crippen MR) is 74.6 cm³/mol. The molecule has 0 fully saturated rings. The molecule has 0 aliphatic carbocycles. The van der Waals surface area contributed by atoms with Gasteiger partial charge in [0, 0.05) is 5.57 Å². The van der Waals surface area contributed by atoms with E-state index in [-0.39, 0.29) is 18.4 Å². The Bertz CT molecular complexity index is 359. The topological polar surface area (TPSA) is 52.6 Å². The van der Waals surface area contributed by atoms with Gasteiger partial charge in [-0.3, -0.25) is 4.79 Å². The third-order valence-corrected chi connectivity index (χ3v) is 2.23. The number of carbonyl (C=O) groups is 2. The molecule has 4 nitrogen and oxygen atoms in total. The van der Waals surface area contributed by atoms with Crippen LogP contribution < -0.4 is 0 Å². The molecule has 0 aromatic heterocycles. The molecule has 0 rings (SSSR count). The maximum absolute atomic E-state index is 11.8. The molecular formula is C15H26O4. The first-order valence-corrected chi connectivity index (χ1v) is 6.55. The van der Waals surface area contributed by atoms with Gasteiger partial charge in [0.2, 0.25) is 0 Å². The first-order chi connectivity index (χ1) is 8.47. The van der Waals surface area contributed by atoms with E-state index in [4.69, 9.17) is 9.47 Å². The quantitative estimate of drug-likeness (QED) is 0.568. The minimum atomic E-state index is -0.516. The molecule has 0 N–H and O–H groups in total. The third-order valence-electron chi connectivity index (χ3n) is 2.23. The molecular weight excluding hydrogens is 244 g/mol. The molecule has 0 saturated carbocycles. The van der Waals surface area contributed by atoms with Crippen LogP contribution in [0, 0.1) is 5.41 Å². The van der Waals surface area contributed by atoms with Crippen LogP contribution in [0.15, 0.2) is 11.6 Å². The van der Waals surface area contributed by atoms with Crippen molar-refractivity contribution in [2.45, 2.75) is 60.5 Å². The van der Waals surface area contributed by atoms with Crippen LogP contribution in [0.5, 0.6) is 0 Å². The van der Waals surface area contributed by atoms with E-state index in [1.807, 2.05) is 34.6 Å². The molecule has 0 aliphatic heterocycles. The second kappa shape index (κ2) is 6.73. The van der Waals surface area contributed by atoms with Crippen LogP contribution in [-0.4, -0.2) is 24.1 Å². The summed E-state index contributed by atoms with van der Waals surface area (Å²) < 4.78 is 10.2. The van der Waals surface area contributed by atoms with E-state index in [9.17, 15) is 9.59 Å².